The topological polar surface area (TPSA) is 41.6 Å². The summed E-state index contributed by atoms with van der Waals surface area (Å²) in [5, 5.41) is 3.33. The van der Waals surface area contributed by atoms with Gasteiger partial charge in [-0.25, -0.2) is 0 Å². The number of para-hydroxylation sites is 2. The van der Waals surface area contributed by atoms with Crippen LogP contribution in [-0.2, 0) is 21.9 Å². The van der Waals surface area contributed by atoms with Crippen molar-refractivity contribution < 1.29 is 9.53 Å². The smallest absolute Gasteiger partial charge is 0.285 e. The number of likely N-dealkylation sites (N-methyl/N-ethyl adjacent to an activating group) is 1. The quantitative estimate of drug-likeness (QED) is 0.873. The van der Waals surface area contributed by atoms with Gasteiger partial charge in [-0.3, -0.25) is 4.79 Å². The predicted molar refractivity (Wildman–Crippen MR) is 81.0 cm³/mol. The Morgan fingerprint density at radius 1 is 1.19 bits per heavy atom. The number of nitrogens with zero attached hydrogens (tertiary/aromatic N) is 1. The summed E-state index contributed by atoms with van der Waals surface area (Å²) in [6.45, 7) is 3.04. The van der Waals surface area contributed by atoms with Crippen molar-refractivity contribution in [3.63, 3.8) is 0 Å². The summed E-state index contributed by atoms with van der Waals surface area (Å²) < 4.78 is 6.02. The highest BCUT2D eigenvalue weighted by atomic mass is 16.5. The van der Waals surface area contributed by atoms with Crippen molar-refractivity contribution in [2.24, 2.45) is 0 Å². The molecule has 2 aromatic carbocycles. The van der Waals surface area contributed by atoms with E-state index in [1.165, 1.54) is 0 Å². The van der Waals surface area contributed by atoms with Crippen molar-refractivity contribution >= 4 is 17.3 Å². The molecule has 0 aliphatic carbocycles. The first-order valence-corrected chi connectivity index (χ1v) is 7.18. The number of amides is 1. The number of ether oxygens (including phenoxy) is 1. The predicted octanol–water partition coefficient (Wildman–Crippen LogP) is 2.85. The van der Waals surface area contributed by atoms with E-state index in [-0.39, 0.29) is 5.91 Å². The lowest BCUT2D eigenvalue weighted by Gasteiger charge is -2.35. The second-order valence-corrected chi connectivity index (χ2v) is 5.32. The number of fused-ring (bicyclic) bond motifs is 3. The van der Waals surface area contributed by atoms with E-state index in [0.717, 1.165) is 22.5 Å². The van der Waals surface area contributed by atoms with Gasteiger partial charge in [0.2, 0.25) is 5.72 Å². The summed E-state index contributed by atoms with van der Waals surface area (Å²) in [4.78, 5) is 14.7. The standard InChI is InChI=1S/C17H16N2O2/c1-2-19-15-10-6-4-8-13(15)17(16(19)20)18-14-9-5-3-7-12(14)11-21-17/h3-10,18H,2,11H2,1H3/t17-/m0/s1. The van der Waals surface area contributed by atoms with Crippen molar-refractivity contribution in [1.82, 2.24) is 0 Å². The second-order valence-electron chi connectivity index (χ2n) is 5.32. The van der Waals surface area contributed by atoms with Crippen molar-refractivity contribution in [3.05, 3.63) is 59.7 Å². The van der Waals surface area contributed by atoms with Gasteiger partial charge in [0, 0.05) is 23.4 Å². The van der Waals surface area contributed by atoms with Gasteiger partial charge in [0.05, 0.1) is 12.3 Å². The van der Waals surface area contributed by atoms with Gasteiger partial charge in [-0.1, -0.05) is 36.4 Å². The molecule has 0 radical (unpaired) electrons. The summed E-state index contributed by atoms with van der Waals surface area (Å²) >= 11 is 0. The van der Waals surface area contributed by atoms with E-state index in [4.69, 9.17) is 4.74 Å². The Bertz CT molecular complexity index is 728. The van der Waals surface area contributed by atoms with Crippen LogP contribution in [0.4, 0.5) is 11.4 Å². The molecule has 4 rings (SSSR count). The summed E-state index contributed by atoms with van der Waals surface area (Å²) in [7, 11) is 0. The van der Waals surface area contributed by atoms with Gasteiger partial charge in [0.25, 0.3) is 5.91 Å². The lowest BCUT2D eigenvalue weighted by atomic mass is 10.0. The van der Waals surface area contributed by atoms with Crippen LogP contribution in [0.1, 0.15) is 18.1 Å². The van der Waals surface area contributed by atoms with Crippen molar-refractivity contribution in [3.8, 4) is 0 Å². The van der Waals surface area contributed by atoms with E-state index in [2.05, 4.69) is 5.32 Å². The molecule has 0 fully saturated rings. The van der Waals surface area contributed by atoms with Crippen LogP contribution in [0, 0.1) is 0 Å². The van der Waals surface area contributed by atoms with Gasteiger partial charge in [-0.05, 0) is 19.1 Å². The molecule has 2 aromatic rings. The number of hydrogen-bond acceptors (Lipinski definition) is 3. The number of carbonyl (C=O) groups is 1. The van der Waals surface area contributed by atoms with Gasteiger partial charge in [0.15, 0.2) is 0 Å². The minimum absolute atomic E-state index is 0.0410. The highest BCUT2D eigenvalue weighted by Gasteiger charge is 2.53. The lowest BCUT2D eigenvalue weighted by Crippen LogP contribution is -2.49. The molecular formula is C17H16N2O2. The summed E-state index contributed by atoms with van der Waals surface area (Å²) in [5.74, 6) is -0.0410. The third-order valence-corrected chi connectivity index (χ3v) is 4.21. The molecule has 106 valence electrons. The fraction of sp³-hybridized carbons (Fsp3) is 0.235. The minimum atomic E-state index is -1.08. The maximum absolute atomic E-state index is 12.9. The number of nitrogens with one attached hydrogen (secondary N) is 1. The van der Waals surface area contributed by atoms with Gasteiger partial charge in [0.1, 0.15) is 0 Å². The third-order valence-electron chi connectivity index (χ3n) is 4.21. The Hall–Kier alpha value is -2.33. The fourth-order valence-electron chi connectivity index (χ4n) is 3.18. The minimum Gasteiger partial charge on any atom is -0.345 e. The molecule has 21 heavy (non-hydrogen) atoms. The van der Waals surface area contributed by atoms with Crippen LogP contribution in [-0.4, -0.2) is 12.5 Å². The third kappa shape index (κ3) is 1.56. The van der Waals surface area contributed by atoms with Gasteiger partial charge in [-0.2, -0.15) is 0 Å². The van der Waals surface area contributed by atoms with E-state index in [0.29, 0.717) is 13.2 Å². The number of carbonyl (C=O) groups excluding carboxylic acids is 1. The summed E-state index contributed by atoms with van der Waals surface area (Å²) in [5.41, 5.74) is 2.78. The van der Waals surface area contributed by atoms with E-state index < -0.39 is 5.72 Å². The molecule has 1 N–H and O–H groups in total. The van der Waals surface area contributed by atoms with Crippen LogP contribution < -0.4 is 10.2 Å². The van der Waals surface area contributed by atoms with Crippen molar-refractivity contribution in [1.29, 1.82) is 0 Å². The monoisotopic (exact) mass is 280 g/mol. The Labute approximate surface area is 123 Å². The normalized spacial score (nSPS) is 22.9. The highest BCUT2D eigenvalue weighted by molar-refractivity contribution is 6.08. The first kappa shape index (κ1) is 12.4. The van der Waals surface area contributed by atoms with E-state index >= 15 is 0 Å². The zero-order valence-corrected chi connectivity index (χ0v) is 11.8. The molecular weight excluding hydrogens is 264 g/mol. The molecule has 2 aliphatic heterocycles. The molecule has 1 amide bonds. The summed E-state index contributed by atoms with van der Waals surface area (Å²) in [6.07, 6.45) is 0. The molecule has 2 aliphatic rings. The number of benzene rings is 2. The Morgan fingerprint density at radius 2 is 1.95 bits per heavy atom. The molecule has 4 nitrogen and oxygen atoms in total. The number of hydrogen-bond donors (Lipinski definition) is 1. The Morgan fingerprint density at radius 3 is 2.81 bits per heavy atom. The van der Waals surface area contributed by atoms with Crippen LogP contribution in [0.25, 0.3) is 0 Å². The first-order valence-electron chi connectivity index (χ1n) is 7.18. The molecule has 0 unspecified atom stereocenters. The first-order chi connectivity index (χ1) is 10.3. The highest BCUT2D eigenvalue weighted by Crippen LogP contribution is 2.46. The largest absolute Gasteiger partial charge is 0.345 e. The molecule has 2 heterocycles. The molecule has 0 aromatic heterocycles. The maximum Gasteiger partial charge on any atom is 0.285 e. The zero-order valence-electron chi connectivity index (χ0n) is 11.8. The maximum atomic E-state index is 12.9. The van der Waals surface area contributed by atoms with E-state index in [9.17, 15) is 4.79 Å². The molecule has 1 spiro atoms. The average Bonchev–Trinajstić information content (AvgIpc) is 2.76. The van der Waals surface area contributed by atoms with Crippen LogP contribution >= 0.6 is 0 Å². The molecule has 1 atom stereocenters. The lowest BCUT2D eigenvalue weighted by molar-refractivity contribution is -0.142. The molecule has 0 saturated heterocycles. The number of anilines is 2. The van der Waals surface area contributed by atoms with Gasteiger partial charge >= 0.3 is 0 Å². The second kappa shape index (κ2) is 4.33. The number of rotatable bonds is 1. The van der Waals surface area contributed by atoms with Gasteiger partial charge < -0.3 is 15.0 Å². The Balaban J connectivity index is 1.88. The Kier molecular flexibility index (Phi) is 2.56. The molecule has 0 bridgehead atoms. The average molecular weight is 280 g/mol. The van der Waals surface area contributed by atoms with E-state index in [1.807, 2.05) is 55.5 Å². The summed E-state index contributed by atoms with van der Waals surface area (Å²) in [6, 6.07) is 15.8. The SMILES string of the molecule is CCN1C(=O)[C@]2(Nc3ccccc3CO2)c2ccccc21. The van der Waals surface area contributed by atoms with E-state index in [1.54, 1.807) is 4.90 Å². The van der Waals surface area contributed by atoms with Gasteiger partial charge in [-0.15, -0.1) is 0 Å². The van der Waals surface area contributed by atoms with Crippen LogP contribution in [0.5, 0.6) is 0 Å². The van der Waals surface area contributed by atoms with Crippen molar-refractivity contribution in [2.45, 2.75) is 19.3 Å². The van der Waals surface area contributed by atoms with Crippen LogP contribution in [0.2, 0.25) is 0 Å². The molecule has 0 saturated carbocycles. The zero-order chi connectivity index (χ0) is 14.4. The van der Waals surface area contributed by atoms with Crippen LogP contribution in [0.3, 0.4) is 0 Å². The molecule has 4 heteroatoms. The van der Waals surface area contributed by atoms with Crippen molar-refractivity contribution in [2.75, 3.05) is 16.8 Å². The van der Waals surface area contributed by atoms with Crippen LogP contribution in [0.15, 0.2) is 48.5 Å². The fourth-order valence-corrected chi connectivity index (χ4v) is 3.18.